The highest BCUT2D eigenvalue weighted by atomic mass is 16.5. The van der Waals surface area contributed by atoms with Crippen LogP contribution in [0.2, 0.25) is 0 Å². The average molecular weight is 220 g/mol. The van der Waals surface area contributed by atoms with E-state index < -0.39 is 0 Å². The highest BCUT2D eigenvalue weighted by Gasteiger charge is 2.09. The van der Waals surface area contributed by atoms with Gasteiger partial charge in [0.1, 0.15) is 6.29 Å². The summed E-state index contributed by atoms with van der Waals surface area (Å²) < 4.78 is 10.9. The summed E-state index contributed by atoms with van der Waals surface area (Å²) in [6, 6.07) is 5.56. The maximum Gasteiger partial charge on any atom is 0.168 e. The number of ether oxygens (including phenoxy) is 2. The van der Waals surface area contributed by atoms with Gasteiger partial charge in [-0.05, 0) is 32.1 Å². The van der Waals surface area contributed by atoms with Crippen LogP contribution in [0.25, 0.3) is 6.08 Å². The quantitative estimate of drug-likeness (QED) is 0.565. The summed E-state index contributed by atoms with van der Waals surface area (Å²) in [4.78, 5) is 10.3. The molecule has 1 aromatic carbocycles. The second-order valence-corrected chi connectivity index (χ2v) is 3.54. The van der Waals surface area contributed by atoms with Gasteiger partial charge in [0.2, 0.25) is 0 Å². The molecule has 0 aromatic heterocycles. The third-order valence-corrected chi connectivity index (χ3v) is 1.94. The molecule has 0 amide bonds. The molecule has 0 spiro atoms. The van der Waals surface area contributed by atoms with Gasteiger partial charge in [0.25, 0.3) is 0 Å². The number of benzene rings is 1. The van der Waals surface area contributed by atoms with Crippen molar-refractivity contribution in [2.24, 2.45) is 0 Å². The van der Waals surface area contributed by atoms with Crippen molar-refractivity contribution in [3.8, 4) is 11.5 Å². The molecule has 0 aliphatic carbocycles. The smallest absolute Gasteiger partial charge is 0.168 e. The first kappa shape index (κ1) is 12.3. The Hall–Kier alpha value is -1.77. The summed E-state index contributed by atoms with van der Waals surface area (Å²) in [5, 5.41) is 0. The van der Waals surface area contributed by atoms with Gasteiger partial charge in [0.05, 0.1) is 13.2 Å². The van der Waals surface area contributed by atoms with E-state index in [9.17, 15) is 4.79 Å². The van der Waals surface area contributed by atoms with Crippen LogP contribution in [-0.4, -0.2) is 19.5 Å². The molecule has 0 heterocycles. The van der Waals surface area contributed by atoms with Crippen LogP contribution < -0.4 is 9.47 Å². The molecule has 0 saturated carbocycles. The molecular weight excluding hydrogens is 204 g/mol. The number of hydrogen-bond donors (Lipinski definition) is 0. The number of rotatable bonds is 5. The lowest BCUT2D eigenvalue weighted by Gasteiger charge is -2.15. The molecule has 0 radical (unpaired) electrons. The van der Waals surface area contributed by atoms with Crippen LogP contribution in [0.5, 0.6) is 11.5 Å². The molecule has 0 N–H and O–H groups in total. The fourth-order valence-electron chi connectivity index (χ4n) is 1.33. The summed E-state index contributed by atoms with van der Waals surface area (Å²) in [5.41, 5.74) is 0.833. The third-order valence-electron chi connectivity index (χ3n) is 1.94. The number of para-hydroxylation sites is 1. The van der Waals surface area contributed by atoms with Gasteiger partial charge in [-0.1, -0.05) is 12.1 Å². The number of allylic oxidation sites excluding steroid dienone is 1. The minimum absolute atomic E-state index is 0.0553. The summed E-state index contributed by atoms with van der Waals surface area (Å²) in [6.07, 6.45) is 3.92. The predicted molar refractivity (Wildman–Crippen MR) is 63.9 cm³/mol. The monoisotopic (exact) mass is 220 g/mol. The normalized spacial score (nSPS) is 10.8. The number of carbonyl (C=O) groups is 1. The molecule has 86 valence electrons. The Morgan fingerprint density at radius 2 is 2.06 bits per heavy atom. The van der Waals surface area contributed by atoms with Crippen molar-refractivity contribution in [2.75, 3.05) is 7.11 Å². The summed E-state index contributed by atoms with van der Waals surface area (Å²) >= 11 is 0. The minimum Gasteiger partial charge on any atom is -0.493 e. The zero-order valence-electron chi connectivity index (χ0n) is 9.77. The maximum atomic E-state index is 10.3. The fourth-order valence-corrected chi connectivity index (χ4v) is 1.33. The van der Waals surface area contributed by atoms with Crippen LogP contribution in [-0.2, 0) is 4.79 Å². The first-order valence-corrected chi connectivity index (χ1v) is 5.14. The minimum atomic E-state index is 0.0553. The predicted octanol–water partition coefficient (Wildman–Crippen LogP) is 2.69. The van der Waals surface area contributed by atoms with Gasteiger partial charge < -0.3 is 9.47 Å². The van der Waals surface area contributed by atoms with Crippen LogP contribution in [0.15, 0.2) is 24.3 Å². The van der Waals surface area contributed by atoms with E-state index in [1.807, 2.05) is 32.0 Å². The van der Waals surface area contributed by atoms with E-state index in [0.717, 1.165) is 11.8 Å². The summed E-state index contributed by atoms with van der Waals surface area (Å²) in [5.74, 6) is 1.33. The topological polar surface area (TPSA) is 35.5 Å². The highest BCUT2D eigenvalue weighted by Crippen LogP contribution is 2.32. The molecule has 1 rings (SSSR count). The molecule has 16 heavy (non-hydrogen) atoms. The van der Waals surface area contributed by atoms with Gasteiger partial charge in [-0.2, -0.15) is 0 Å². The van der Waals surface area contributed by atoms with Gasteiger partial charge in [-0.3, -0.25) is 4.79 Å². The lowest BCUT2D eigenvalue weighted by molar-refractivity contribution is -0.104. The van der Waals surface area contributed by atoms with E-state index in [1.54, 1.807) is 13.2 Å². The second kappa shape index (κ2) is 5.95. The van der Waals surface area contributed by atoms with Gasteiger partial charge in [-0.15, -0.1) is 0 Å². The number of hydrogen-bond acceptors (Lipinski definition) is 3. The molecule has 3 nitrogen and oxygen atoms in total. The molecule has 0 aliphatic rings. The first-order valence-electron chi connectivity index (χ1n) is 5.14. The average Bonchev–Trinajstić information content (AvgIpc) is 2.27. The van der Waals surface area contributed by atoms with E-state index in [-0.39, 0.29) is 6.10 Å². The standard InChI is InChI=1S/C13H16O3/c1-10(2)16-13-11(7-5-9-14)6-4-8-12(13)15-3/h4-10H,1-3H3. The summed E-state index contributed by atoms with van der Waals surface area (Å²) in [6.45, 7) is 3.89. The Labute approximate surface area is 95.7 Å². The Morgan fingerprint density at radius 1 is 1.31 bits per heavy atom. The Balaban J connectivity index is 3.14. The molecule has 0 saturated heterocycles. The largest absolute Gasteiger partial charge is 0.493 e. The molecule has 0 aliphatic heterocycles. The Kier molecular flexibility index (Phi) is 4.58. The van der Waals surface area contributed by atoms with Crippen molar-refractivity contribution in [2.45, 2.75) is 20.0 Å². The van der Waals surface area contributed by atoms with Gasteiger partial charge in [-0.25, -0.2) is 0 Å². The number of carbonyl (C=O) groups excluding carboxylic acids is 1. The SMILES string of the molecule is COc1cccc(C=CC=O)c1OC(C)C. The highest BCUT2D eigenvalue weighted by molar-refractivity contribution is 5.76. The van der Waals surface area contributed by atoms with Crippen LogP contribution in [0.4, 0.5) is 0 Å². The van der Waals surface area contributed by atoms with E-state index in [1.165, 1.54) is 6.08 Å². The van der Waals surface area contributed by atoms with Gasteiger partial charge >= 0.3 is 0 Å². The number of aldehydes is 1. The van der Waals surface area contributed by atoms with Crippen LogP contribution in [0, 0.1) is 0 Å². The molecule has 0 bridgehead atoms. The third kappa shape index (κ3) is 3.12. The zero-order valence-corrected chi connectivity index (χ0v) is 9.77. The lowest BCUT2D eigenvalue weighted by atomic mass is 10.1. The summed E-state index contributed by atoms with van der Waals surface area (Å²) in [7, 11) is 1.59. The van der Waals surface area contributed by atoms with Crippen molar-refractivity contribution < 1.29 is 14.3 Å². The van der Waals surface area contributed by atoms with E-state index in [4.69, 9.17) is 9.47 Å². The molecule has 0 fully saturated rings. The van der Waals surface area contributed by atoms with E-state index in [0.29, 0.717) is 11.5 Å². The zero-order chi connectivity index (χ0) is 12.0. The molecule has 0 atom stereocenters. The molecule has 3 heteroatoms. The van der Waals surface area contributed by atoms with Crippen molar-refractivity contribution in [1.29, 1.82) is 0 Å². The van der Waals surface area contributed by atoms with Crippen molar-refractivity contribution in [1.82, 2.24) is 0 Å². The number of methoxy groups -OCH3 is 1. The van der Waals surface area contributed by atoms with Crippen molar-refractivity contribution >= 4 is 12.4 Å². The molecular formula is C13H16O3. The molecule has 1 aromatic rings. The first-order chi connectivity index (χ1) is 7.69. The van der Waals surface area contributed by atoms with Crippen LogP contribution in [0.3, 0.4) is 0 Å². The second-order valence-electron chi connectivity index (χ2n) is 3.54. The Bertz CT molecular complexity index is 381. The Morgan fingerprint density at radius 3 is 2.62 bits per heavy atom. The van der Waals surface area contributed by atoms with Crippen molar-refractivity contribution in [3.05, 3.63) is 29.8 Å². The molecule has 0 unspecified atom stereocenters. The van der Waals surface area contributed by atoms with Crippen LogP contribution >= 0.6 is 0 Å². The van der Waals surface area contributed by atoms with Gasteiger partial charge in [0, 0.05) is 5.56 Å². The van der Waals surface area contributed by atoms with E-state index in [2.05, 4.69) is 0 Å². The van der Waals surface area contributed by atoms with E-state index >= 15 is 0 Å². The van der Waals surface area contributed by atoms with Crippen LogP contribution in [0.1, 0.15) is 19.4 Å². The fraction of sp³-hybridized carbons (Fsp3) is 0.308. The van der Waals surface area contributed by atoms with Gasteiger partial charge in [0.15, 0.2) is 11.5 Å². The maximum absolute atomic E-state index is 10.3. The lowest BCUT2D eigenvalue weighted by Crippen LogP contribution is -2.07. The van der Waals surface area contributed by atoms with Crippen molar-refractivity contribution in [3.63, 3.8) is 0 Å².